The topological polar surface area (TPSA) is 192 Å². The highest BCUT2D eigenvalue weighted by atomic mass is 32.2. The van der Waals surface area contributed by atoms with Crippen LogP contribution in [0.1, 0.15) is 103 Å². The summed E-state index contributed by atoms with van der Waals surface area (Å²) < 4.78 is 52.5. The molecule has 1 aromatic carbocycles. The van der Waals surface area contributed by atoms with Gasteiger partial charge in [0.15, 0.2) is 0 Å². The summed E-state index contributed by atoms with van der Waals surface area (Å²) in [6.07, 6.45) is 9.06. The Morgan fingerprint density at radius 1 is 1.07 bits per heavy atom. The Hall–Kier alpha value is -4.60. The number of rotatable bonds is 10. The Kier molecular flexibility index (Phi) is 11.2. The maximum atomic E-state index is 15.0. The number of nitrogens with zero attached hydrogens (tertiary/aromatic N) is 2. The highest BCUT2D eigenvalue weighted by molar-refractivity contribution is 7.91. The number of carbonyl (C=O) groups is 4. The number of ether oxygens (including phenoxy) is 4. The van der Waals surface area contributed by atoms with Gasteiger partial charge in [0.1, 0.15) is 41.3 Å². The van der Waals surface area contributed by atoms with Crippen LogP contribution in [0.2, 0.25) is 0 Å². The van der Waals surface area contributed by atoms with Crippen molar-refractivity contribution < 1.29 is 46.5 Å². The molecule has 0 radical (unpaired) electrons. The second-order valence-electron chi connectivity index (χ2n) is 17.7. The first-order chi connectivity index (χ1) is 28.3. The summed E-state index contributed by atoms with van der Waals surface area (Å²) in [5.74, 6) is -1.11. The summed E-state index contributed by atoms with van der Waals surface area (Å²) in [4.78, 5) is 63.3. The summed E-state index contributed by atoms with van der Waals surface area (Å²) in [6.45, 7) is 8.21. The molecular formula is C43H57N5O10S. The molecule has 8 rings (SSSR count). The molecule has 4 aliphatic carbocycles. The highest BCUT2D eigenvalue weighted by Gasteiger charge is 2.62. The van der Waals surface area contributed by atoms with Crippen molar-refractivity contribution in [2.45, 2.75) is 139 Å². The first-order valence-electron chi connectivity index (χ1n) is 21.4. The fourth-order valence-electron chi connectivity index (χ4n) is 10.0. The number of hydrogen-bond donors (Lipinski definition) is 3. The van der Waals surface area contributed by atoms with E-state index in [1.807, 2.05) is 19.1 Å². The molecule has 4 saturated carbocycles. The molecule has 0 spiro atoms. The lowest BCUT2D eigenvalue weighted by Crippen LogP contribution is -2.59. The number of hydrogen-bond acceptors (Lipinski definition) is 11. The van der Waals surface area contributed by atoms with Gasteiger partial charge in [0.05, 0.1) is 31.0 Å². The van der Waals surface area contributed by atoms with Gasteiger partial charge in [-0.25, -0.2) is 18.2 Å². The smallest absolute Gasteiger partial charge is 0.408 e. The molecule has 320 valence electrons. The van der Waals surface area contributed by atoms with Gasteiger partial charge in [0, 0.05) is 35.3 Å². The Balaban J connectivity index is 1.17. The zero-order chi connectivity index (χ0) is 41.7. The number of methoxy groups -OCH3 is 1. The summed E-state index contributed by atoms with van der Waals surface area (Å²) >= 11 is 0. The summed E-state index contributed by atoms with van der Waals surface area (Å²) in [5, 5.41) is 5.92. The van der Waals surface area contributed by atoms with E-state index in [9.17, 15) is 27.6 Å². The average molecular weight is 836 g/mol. The lowest BCUT2D eigenvalue weighted by molar-refractivity contribution is -0.142. The number of aromatic nitrogens is 1. The number of sulfonamides is 1. The quantitative estimate of drug-likeness (QED) is 0.278. The van der Waals surface area contributed by atoms with E-state index in [2.05, 4.69) is 28.9 Å². The zero-order valence-electron chi connectivity index (χ0n) is 34.3. The molecule has 2 aromatic rings. The van der Waals surface area contributed by atoms with Gasteiger partial charge in [-0.3, -0.25) is 19.1 Å². The lowest BCUT2D eigenvalue weighted by Gasteiger charge is -2.34. The van der Waals surface area contributed by atoms with Crippen molar-refractivity contribution in [3.63, 3.8) is 0 Å². The van der Waals surface area contributed by atoms with E-state index in [4.69, 9.17) is 23.9 Å². The standard InChI is InChI=1S/C43H57N5O10S/c1-5-27-23-43(27,40(51)47-59(53,54)29-15-16-29)46-38(49)32-20-28-24-48(32)39(50)37(25-11-7-8-12-25)45-41(52)58-35-14-10-18-42(35,3)17-9-13-26-19-30-31(21-33(26)55-4)44-36(56-6-2)22-34(30)57-28/h5,19,21-22,25,27-29,32,35,37H,1,6-18,20,23-24H2,2-4H3,(H,45,52)(H,46,49)(H,47,51)/t27-,28+,32-,35-,37-,42+,43-/m0/s1. The van der Waals surface area contributed by atoms with Gasteiger partial charge < -0.3 is 34.5 Å². The molecule has 6 aliphatic rings. The Labute approximate surface area is 345 Å². The minimum Gasteiger partial charge on any atom is -0.496 e. The second kappa shape index (κ2) is 16.1. The van der Waals surface area contributed by atoms with Crippen molar-refractivity contribution in [3.8, 4) is 17.4 Å². The predicted molar refractivity (Wildman–Crippen MR) is 217 cm³/mol. The number of carbonyl (C=O) groups excluding carboxylic acids is 4. The summed E-state index contributed by atoms with van der Waals surface area (Å²) in [5.41, 5.74) is -0.258. The summed E-state index contributed by atoms with van der Waals surface area (Å²) in [6, 6.07) is 3.53. The molecule has 0 unspecified atom stereocenters. The van der Waals surface area contributed by atoms with Crippen molar-refractivity contribution in [3.05, 3.63) is 36.4 Å². The third-order valence-corrected chi connectivity index (χ3v) is 15.5. The van der Waals surface area contributed by atoms with E-state index in [1.54, 1.807) is 13.2 Å². The highest BCUT2D eigenvalue weighted by Crippen LogP contribution is 2.47. The maximum Gasteiger partial charge on any atom is 0.408 e. The van der Waals surface area contributed by atoms with E-state index in [-0.39, 0.29) is 36.8 Å². The first-order valence-corrected chi connectivity index (χ1v) is 22.9. The molecule has 4 bridgehead atoms. The number of benzene rings is 1. The van der Waals surface area contributed by atoms with Crippen LogP contribution in [-0.4, -0.2) is 97.5 Å². The Morgan fingerprint density at radius 2 is 1.83 bits per heavy atom. The van der Waals surface area contributed by atoms with Crippen LogP contribution in [0.3, 0.4) is 0 Å². The van der Waals surface area contributed by atoms with Gasteiger partial charge in [0.25, 0.3) is 5.91 Å². The Bertz CT molecular complexity index is 2120. The number of fused-ring (bicyclic) bond motifs is 4. The third kappa shape index (κ3) is 8.17. The molecule has 7 atom stereocenters. The molecule has 5 fully saturated rings. The molecule has 2 aliphatic heterocycles. The van der Waals surface area contributed by atoms with Crippen LogP contribution in [-0.2, 0) is 35.6 Å². The molecule has 3 heterocycles. The molecule has 4 amide bonds. The molecule has 1 saturated heterocycles. The number of aryl methyl sites for hydroxylation is 1. The SMILES string of the molecule is C=C[C@H]1C[C@@]1(NC(=O)[C@@H]1C[C@@H]2CN1C(=O)[C@H](C1CCCC1)NC(=O)O[C@H]1CCC[C@@]1(C)CCCc1cc3c(cc(OCC)nc3cc1OC)O2)C(=O)NS(=O)(=O)C1CC1. The van der Waals surface area contributed by atoms with Crippen LogP contribution in [0.4, 0.5) is 4.79 Å². The van der Waals surface area contributed by atoms with Crippen LogP contribution in [0, 0.1) is 17.3 Å². The zero-order valence-corrected chi connectivity index (χ0v) is 35.1. The third-order valence-electron chi connectivity index (χ3n) is 13.7. The van der Waals surface area contributed by atoms with Gasteiger partial charge in [-0.05, 0) is 95.1 Å². The van der Waals surface area contributed by atoms with Crippen molar-refractivity contribution in [1.29, 1.82) is 0 Å². The summed E-state index contributed by atoms with van der Waals surface area (Å²) in [7, 11) is -2.28. The maximum absolute atomic E-state index is 15.0. The number of nitrogens with one attached hydrogen (secondary N) is 3. The fourth-order valence-corrected chi connectivity index (χ4v) is 11.4. The number of pyridine rings is 1. The normalized spacial score (nSPS) is 31.3. The van der Waals surface area contributed by atoms with Crippen molar-refractivity contribution in [2.24, 2.45) is 17.3 Å². The number of amides is 4. The molecule has 16 heteroatoms. The van der Waals surface area contributed by atoms with Crippen LogP contribution < -0.4 is 29.6 Å². The van der Waals surface area contributed by atoms with E-state index < -0.39 is 68.7 Å². The van der Waals surface area contributed by atoms with E-state index in [1.165, 1.54) is 11.0 Å². The van der Waals surface area contributed by atoms with Crippen LogP contribution >= 0.6 is 0 Å². The van der Waals surface area contributed by atoms with Crippen LogP contribution in [0.15, 0.2) is 30.9 Å². The fraction of sp³-hybridized carbons (Fsp3) is 0.651. The Morgan fingerprint density at radius 3 is 2.53 bits per heavy atom. The van der Waals surface area contributed by atoms with Gasteiger partial charge in [-0.2, -0.15) is 0 Å². The van der Waals surface area contributed by atoms with E-state index in [0.717, 1.165) is 68.7 Å². The van der Waals surface area contributed by atoms with E-state index >= 15 is 0 Å². The van der Waals surface area contributed by atoms with Gasteiger partial charge >= 0.3 is 6.09 Å². The average Bonchev–Trinajstić information content (AvgIpc) is 4.02. The van der Waals surface area contributed by atoms with Crippen LogP contribution in [0.25, 0.3) is 10.9 Å². The van der Waals surface area contributed by atoms with Crippen molar-refractivity contribution >= 4 is 44.7 Å². The first kappa shape index (κ1) is 41.1. The minimum atomic E-state index is -3.91. The molecule has 15 nitrogen and oxygen atoms in total. The molecule has 59 heavy (non-hydrogen) atoms. The largest absolute Gasteiger partial charge is 0.496 e. The molecule has 1 aromatic heterocycles. The lowest BCUT2D eigenvalue weighted by atomic mass is 9.81. The second-order valence-corrected chi connectivity index (χ2v) is 19.7. The predicted octanol–water partition coefficient (Wildman–Crippen LogP) is 4.84. The molecular weight excluding hydrogens is 779 g/mol. The van der Waals surface area contributed by atoms with Crippen molar-refractivity contribution in [2.75, 3.05) is 20.3 Å². The van der Waals surface area contributed by atoms with Crippen LogP contribution in [0.5, 0.6) is 17.4 Å². The number of alkyl carbamates (subject to hydrolysis) is 1. The van der Waals surface area contributed by atoms with Crippen molar-refractivity contribution in [1.82, 2.24) is 25.2 Å². The monoisotopic (exact) mass is 835 g/mol. The van der Waals surface area contributed by atoms with E-state index in [0.29, 0.717) is 48.8 Å². The van der Waals surface area contributed by atoms with Gasteiger partial charge in [-0.1, -0.05) is 25.8 Å². The molecule has 3 N–H and O–H groups in total. The minimum absolute atomic E-state index is 0.00545. The van der Waals surface area contributed by atoms with Gasteiger partial charge in [-0.15, -0.1) is 6.58 Å². The van der Waals surface area contributed by atoms with Gasteiger partial charge in [0.2, 0.25) is 27.7 Å².